The summed E-state index contributed by atoms with van der Waals surface area (Å²) < 4.78 is 29.4. The number of hydrogen-bond acceptors (Lipinski definition) is 4. The van der Waals surface area contributed by atoms with Crippen LogP contribution in [-0.4, -0.2) is 31.3 Å². The number of nitrogens with zero attached hydrogens (tertiary/aromatic N) is 1. The van der Waals surface area contributed by atoms with Crippen molar-refractivity contribution in [2.24, 2.45) is 7.05 Å². The molecule has 0 saturated heterocycles. The van der Waals surface area contributed by atoms with Crippen molar-refractivity contribution < 1.29 is 17.9 Å². The van der Waals surface area contributed by atoms with Crippen molar-refractivity contribution in [2.75, 3.05) is 12.4 Å². The van der Waals surface area contributed by atoms with E-state index in [0.717, 1.165) is 0 Å². The first-order valence-electron chi connectivity index (χ1n) is 4.98. The maximum atomic E-state index is 11.6. The average molecular weight is 245 g/mol. The molecule has 0 aromatic carbocycles. The fourth-order valence-electron chi connectivity index (χ4n) is 1.28. The van der Waals surface area contributed by atoms with Gasteiger partial charge in [0, 0.05) is 13.2 Å². The van der Waals surface area contributed by atoms with Crippen molar-refractivity contribution in [1.29, 1.82) is 0 Å². The van der Waals surface area contributed by atoms with Crippen molar-refractivity contribution in [1.82, 2.24) is 4.57 Å². The van der Waals surface area contributed by atoms with E-state index < -0.39 is 15.8 Å². The molecule has 0 aliphatic heterocycles. The highest BCUT2D eigenvalue weighted by molar-refractivity contribution is 7.91. The highest BCUT2D eigenvalue weighted by Crippen LogP contribution is 2.15. The lowest BCUT2D eigenvalue weighted by molar-refractivity contribution is 0.0515. The lowest BCUT2D eigenvalue weighted by Gasteiger charge is -2.01. The van der Waals surface area contributed by atoms with Gasteiger partial charge in [0.05, 0.1) is 17.3 Å². The zero-order chi connectivity index (χ0) is 12.3. The molecule has 0 N–H and O–H groups in total. The third-order valence-corrected chi connectivity index (χ3v) is 3.91. The molecule has 1 rings (SSSR count). The largest absolute Gasteiger partial charge is 0.461 e. The van der Waals surface area contributed by atoms with Gasteiger partial charge < -0.3 is 9.30 Å². The van der Waals surface area contributed by atoms with Gasteiger partial charge in [-0.05, 0) is 13.0 Å². The van der Waals surface area contributed by atoms with Gasteiger partial charge in [0.15, 0.2) is 9.84 Å². The molecule has 90 valence electrons. The van der Waals surface area contributed by atoms with Gasteiger partial charge in [-0.15, -0.1) is 0 Å². The van der Waals surface area contributed by atoms with Crippen LogP contribution >= 0.6 is 0 Å². The van der Waals surface area contributed by atoms with E-state index in [1.165, 1.54) is 16.8 Å². The summed E-state index contributed by atoms with van der Waals surface area (Å²) in [4.78, 5) is 11.6. The van der Waals surface area contributed by atoms with Crippen molar-refractivity contribution >= 4 is 15.8 Å². The zero-order valence-corrected chi connectivity index (χ0v) is 10.4. The third kappa shape index (κ3) is 2.44. The molecule has 0 bridgehead atoms. The summed E-state index contributed by atoms with van der Waals surface area (Å²) in [6.45, 7) is 3.52. The van der Waals surface area contributed by atoms with Crippen molar-refractivity contribution in [3.63, 3.8) is 0 Å². The molecular weight excluding hydrogens is 230 g/mol. The van der Waals surface area contributed by atoms with Crippen molar-refractivity contribution in [2.45, 2.75) is 18.7 Å². The summed E-state index contributed by atoms with van der Waals surface area (Å²) >= 11 is 0. The van der Waals surface area contributed by atoms with Crippen LogP contribution < -0.4 is 0 Å². The Morgan fingerprint density at radius 3 is 2.56 bits per heavy atom. The van der Waals surface area contributed by atoms with Gasteiger partial charge >= 0.3 is 5.97 Å². The highest BCUT2D eigenvalue weighted by atomic mass is 32.2. The van der Waals surface area contributed by atoms with Gasteiger partial charge in [-0.1, -0.05) is 6.92 Å². The quantitative estimate of drug-likeness (QED) is 0.742. The molecule has 1 aromatic heterocycles. The Labute approximate surface area is 94.9 Å². The van der Waals surface area contributed by atoms with E-state index in [-0.39, 0.29) is 22.9 Å². The van der Waals surface area contributed by atoms with Crippen LogP contribution in [0.15, 0.2) is 17.2 Å². The van der Waals surface area contributed by atoms with Crippen molar-refractivity contribution in [3.8, 4) is 0 Å². The second kappa shape index (κ2) is 4.69. The average Bonchev–Trinajstić information content (AvgIpc) is 2.61. The Balaban J connectivity index is 3.13. The molecule has 0 aliphatic carbocycles. The number of aromatic nitrogens is 1. The monoisotopic (exact) mass is 245 g/mol. The molecule has 5 nitrogen and oxygen atoms in total. The number of carbonyl (C=O) groups excluding carboxylic acids is 1. The number of hydrogen-bond donors (Lipinski definition) is 0. The predicted molar refractivity (Wildman–Crippen MR) is 59.1 cm³/mol. The molecule has 1 aromatic rings. The Kier molecular flexibility index (Phi) is 3.74. The van der Waals surface area contributed by atoms with Crippen molar-refractivity contribution in [3.05, 3.63) is 18.0 Å². The molecule has 0 fully saturated rings. The first-order chi connectivity index (χ1) is 7.42. The summed E-state index contributed by atoms with van der Waals surface area (Å²) in [5.74, 6) is -0.498. The Morgan fingerprint density at radius 2 is 2.06 bits per heavy atom. The number of ether oxygens (including phenoxy) is 1. The zero-order valence-electron chi connectivity index (χ0n) is 9.56. The van der Waals surface area contributed by atoms with E-state index in [1.54, 1.807) is 20.9 Å². The molecular formula is C10H15NO4S. The lowest BCUT2D eigenvalue weighted by Crippen LogP contribution is -2.08. The minimum atomic E-state index is -3.28. The van der Waals surface area contributed by atoms with Crippen LogP contribution in [-0.2, 0) is 21.6 Å². The molecule has 0 amide bonds. The number of esters is 1. The smallest absolute Gasteiger partial charge is 0.354 e. The van der Waals surface area contributed by atoms with E-state index in [2.05, 4.69) is 0 Å². The van der Waals surface area contributed by atoms with Gasteiger partial charge in [0.1, 0.15) is 5.69 Å². The topological polar surface area (TPSA) is 65.4 Å². The third-order valence-electron chi connectivity index (χ3n) is 2.20. The molecule has 0 radical (unpaired) electrons. The normalized spacial score (nSPS) is 11.4. The first kappa shape index (κ1) is 12.8. The Hall–Kier alpha value is -1.30. The second-order valence-corrected chi connectivity index (χ2v) is 5.57. The van der Waals surface area contributed by atoms with Crippen LogP contribution in [0.3, 0.4) is 0 Å². The minimum absolute atomic E-state index is 0.0132. The fraction of sp³-hybridized carbons (Fsp3) is 0.500. The van der Waals surface area contributed by atoms with E-state index in [1.807, 2.05) is 0 Å². The minimum Gasteiger partial charge on any atom is -0.461 e. The van der Waals surface area contributed by atoms with Gasteiger partial charge in [0.25, 0.3) is 0 Å². The highest BCUT2D eigenvalue weighted by Gasteiger charge is 2.19. The maximum Gasteiger partial charge on any atom is 0.354 e. The number of aryl methyl sites for hydroxylation is 1. The van der Waals surface area contributed by atoms with Gasteiger partial charge in [-0.2, -0.15) is 0 Å². The van der Waals surface area contributed by atoms with E-state index in [0.29, 0.717) is 0 Å². The summed E-state index contributed by atoms with van der Waals surface area (Å²) in [6, 6.07) is 1.34. The maximum absolute atomic E-state index is 11.6. The second-order valence-electron chi connectivity index (χ2n) is 3.30. The molecule has 0 aliphatic rings. The van der Waals surface area contributed by atoms with Crippen LogP contribution in [0.25, 0.3) is 0 Å². The van der Waals surface area contributed by atoms with E-state index in [4.69, 9.17) is 4.74 Å². The van der Waals surface area contributed by atoms with Crippen LogP contribution in [0.4, 0.5) is 0 Å². The lowest BCUT2D eigenvalue weighted by atomic mass is 10.4. The Morgan fingerprint density at radius 1 is 1.44 bits per heavy atom. The SMILES string of the molecule is CCOC(=O)c1cc(S(=O)(=O)CC)cn1C. The van der Waals surface area contributed by atoms with E-state index >= 15 is 0 Å². The molecule has 0 atom stereocenters. The van der Waals surface area contributed by atoms with Crippen LogP contribution in [0.2, 0.25) is 0 Å². The molecule has 16 heavy (non-hydrogen) atoms. The molecule has 0 unspecified atom stereocenters. The summed E-state index contributed by atoms with van der Waals surface area (Å²) in [5, 5.41) is 0. The summed E-state index contributed by atoms with van der Waals surface area (Å²) in [7, 11) is -1.66. The standard InChI is InChI=1S/C10H15NO4S/c1-4-15-10(12)9-6-8(7-11(9)3)16(13,14)5-2/h6-7H,4-5H2,1-3H3. The molecule has 6 heteroatoms. The van der Waals surface area contributed by atoms with Gasteiger partial charge in [0.2, 0.25) is 0 Å². The summed E-state index contributed by atoms with van der Waals surface area (Å²) in [5.41, 5.74) is 0.244. The number of rotatable bonds is 4. The number of sulfone groups is 1. The molecule has 1 heterocycles. The first-order valence-corrected chi connectivity index (χ1v) is 6.63. The Bertz CT molecular complexity index is 487. The van der Waals surface area contributed by atoms with Gasteiger partial charge in [-0.25, -0.2) is 13.2 Å². The number of carbonyl (C=O) groups is 1. The predicted octanol–water partition coefficient (Wildman–Crippen LogP) is 0.995. The molecule has 0 spiro atoms. The van der Waals surface area contributed by atoms with Crippen LogP contribution in [0.1, 0.15) is 24.3 Å². The van der Waals surface area contributed by atoms with Crippen LogP contribution in [0, 0.1) is 0 Å². The van der Waals surface area contributed by atoms with E-state index in [9.17, 15) is 13.2 Å². The summed E-state index contributed by atoms with van der Waals surface area (Å²) in [6.07, 6.45) is 1.42. The van der Waals surface area contributed by atoms with Gasteiger partial charge in [-0.3, -0.25) is 0 Å². The fourth-order valence-corrected chi connectivity index (χ4v) is 2.22. The van der Waals surface area contributed by atoms with Crippen LogP contribution in [0.5, 0.6) is 0 Å². The molecule has 0 saturated carbocycles.